The van der Waals surface area contributed by atoms with Crippen molar-refractivity contribution in [3.05, 3.63) is 46.9 Å². The first-order chi connectivity index (χ1) is 15.0. The van der Waals surface area contributed by atoms with Gasteiger partial charge >= 0.3 is 0 Å². The largest absolute Gasteiger partial charge is 0.381 e. The van der Waals surface area contributed by atoms with E-state index in [4.69, 9.17) is 4.74 Å². The normalized spacial score (nSPS) is 17.8. The predicted octanol–water partition coefficient (Wildman–Crippen LogP) is 3.15. The molecular weight excluding hydrogens is 433 g/mol. The number of carbonyl (C=O) groups excluding carboxylic acids is 1. The molecule has 2 rings (SSSR count). The van der Waals surface area contributed by atoms with Gasteiger partial charge in [-0.2, -0.15) is 4.31 Å². The molecule has 0 spiro atoms. The van der Waals surface area contributed by atoms with Crippen LogP contribution in [0.2, 0.25) is 0 Å². The average molecular weight is 468 g/mol. The molecule has 1 N–H and O–H groups in total. The van der Waals surface area contributed by atoms with Gasteiger partial charge < -0.3 is 10.1 Å². The number of ether oxygens (including phenoxy) is 1. The van der Waals surface area contributed by atoms with E-state index in [2.05, 4.69) is 17.0 Å². The first-order valence-electron chi connectivity index (χ1n) is 10.8. The lowest BCUT2D eigenvalue weighted by molar-refractivity contribution is -0.130. The van der Waals surface area contributed by atoms with Crippen LogP contribution >= 0.6 is 0 Å². The molecule has 0 aromatic heterocycles. The molecule has 0 bridgehead atoms. The highest BCUT2D eigenvalue weighted by atomic mass is 32.2. The maximum atomic E-state index is 15.2. The molecule has 178 valence electrons. The fraction of sp³-hybridized carbons (Fsp3) is 0.565. The molecule has 0 unspecified atom stereocenters. The number of nitrogens with zero attached hydrogens (tertiary/aromatic N) is 2. The average Bonchev–Trinajstić information content (AvgIpc) is 2.75. The quantitative estimate of drug-likeness (QED) is 0.536. The lowest BCUT2D eigenvalue weighted by atomic mass is 9.73. The molecular formula is C23H34FN3O4S. The molecule has 1 aliphatic rings. The summed E-state index contributed by atoms with van der Waals surface area (Å²) in [4.78, 5) is 16.9. The third kappa shape index (κ3) is 6.24. The molecule has 1 saturated heterocycles. The minimum absolute atomic E-state index is 0.0548. The second-order valence-electron chi connectivity index (χ2n) is 8.41. The Hall–Kier alpha value is -2.10. The Labute approximate surface area is 190 Å². The lowest BCUT2D eigenvalue weighted by Gasteiger charge is -2.36. The van der Waals surface area contributed by atoms with E-state index >= 15 is 4.39 Å². The van der Waals surface area contributed by atoms with Crippen molar-refractivity contribution in [2.24, 2.45) is 4.99 Å². The Morgan fingerprint density at radius 3 is 2.59 bits per heavy atom. The minimum Gasteiger partial charge on any atom is -0.381 e. The van der Waals surface area contributed by atoms with Crippen LogP contribution in [0, 0.1) is 5.82 Å². The molecule has 0 aliphatic carbocycles. The van der Waals surface area contributed by atoms with Gasteiger partial charge in [-0.1, -0.05) is 19.1 Å². The van der Waals surface area contributed by atoms with Crippen LogP contribution in [-0.2, 0) is 31.5 Å². The Morgan fingerprint density at radius 2 is 2.06 bits per heavy atom. The number of halogens is 1. The molecule has 7 nitrogen and oxygen atoms in total. The van der Waals surface area contributed by atoms with Crippen LogP contribution in [0.4, 0.5) is 4.39 Å². The smallest absolute Gasteiger partial charge is 0.231 e. The van der Waals surface area contributed by atoms with Crippen LogP contribution in [-0.4, -0.2) is 57.4 Å². The summed E-state index contributed by atoms with van der Waals surface area (Å²) in [7, 11) is -3.50. The Balaban J connectivity index is 2.34. The Morgan fingerprint density at radius 1 is 1.41 bits per heavy atom. The van der Waals surface area contributed by atoms with Crippen molar-refractivity contribution in [3.63, 3.8) is 0 Å². The second-order valence-corrected chi connectivity index (χ2v) is 10.3. The summed E-state index contributed by atoms with van der Waals surface area (Å²) in [5, 5.41) is 2.92. The van der Waals surface area contributed by atoms with Gasteiger partial charge in [-0.15, -0.1) is 0 Å². The van der Waals surface area contributed by atoms with Crippen LogP contribution in [0.1, 0.15) is 51.2 Å². The summed E-state index contributed by atoms with van der Waals surface area (Å²) in [5.41, 5.74) is 0.783. The van der Waals surface area contributed by atoms with Crippen molar-refractivity contribution in [1.82, 2.24) is 9.62 Å². The van der Waals surface area contributed by atoms with Crippen LogP contribution in [0.15, 0.2) is 35.0 Å². The molecule has 9 heteroatoms. The number of nitrogens with one attached hydrogen (secondary N) is 1. The van der Waals surface area contributed by atoms with Crippen LogP contribution < -0.4 is 5.32 Å². The second kappa shape index (κ2) is 11.2. The molecule has 1 aromatic carbocycles. The summed E-state index contributed by atoms with van der Waals surface area (Å²) in [6.45, 7) is 9.99. The number of hydrogen-bond acceptors (Lipinski definition) is 5. The Kier molecular flexibility index (Phi) is 9.12. The van der Waals surface area contributed by atoms with Crippen LogP contribution in [0.5, 0.6) is 0 Å². The van der Waals surface area contributed by atoms with E-state index in [0.29, 0.717) is 44.6 Å². The van der Waals surface area contributed by atoms with E-state index in [1.165, 1.54) is 10.4 Å². The Bertz CT molecular complexity index is 956. The summed E-state index contributed by atoms with van der Waals surface area (Å²) >= 11 is 0. The summed E-state index contributed by atoms with van der Waals surface area (Å²) in [6.07, 6.45) is 4.19. The van der Waals surface area contributed by atoms with E-state index in [9.17, 15) is 13.2 Å². The van der Waals surface area contributed by atoms with E-state index < -0.39 is 21.3 Å². The summed E-state index contributed by atoms with van der Waals surface area (Å²) < 4.78 is 46.3. The van der Waals surface area contributed by atoms with Gasteiger partial charge in [-0.25, -0.2) is 12.8 Å². The van der Waals surface area contributed by atoms with E-state index in [1.54, 1.807) is 25.3 Å². The predicted molar refractivity (Wildman–Crippen MR) is 125 cm³/mol. The molecule has 1 aromatic rings. The molecule has 0 saturated carbocycles. The minimum atomic E-state index is -3.50. The number of benzene rings is 1. The third-order valence-corrected chi connectivity index (χ3v) is 7.40. The maximum absolute atomic E-state index is 15.2. The first kappa shape index (κ1) is 26.2. The number of rotatable bonds is 10. The zero-order valence-corrected chi connectivity index (χ0v) is 20.2. The van der Waals surface area contributed by atoms with Gasteiger partial charge in [-0.3, -0.25) is 9.79 Å². The number of aliphatic imine (C=N–C) groups is 1. The summed E-state index contributed by atoms with van der Waals surface area (Å²) in [5.74, 6) is -0.716. The van der Waals surface area contributed by atoms with Crippen molar-refractivity contribution in [2.75, 3.05) is 26.0 Å². The van der Waals surface area contributed by atoms with Crippen molar-refractivity contribution in [3.8, 4) is 0 Å². The fourth-order valence-electron chi connectivity index (χ4n) is 3.90. The van der Waals surface area contributed by atoms with Gasteiger partial charge in [0, 0.05) is 44.1 Å². The molecule has 1 atom stereocenters. The third-order valence-electron chi connectivity index (χ3n) is 6.06. The van der Waals surface area contributed by atoms with Crippen molar-refractivity contribution >= 4 is 22.6 Å². The van der Waals surface area contributed by atoms with Crippen molar-refractivity contribution in [2.45, 2.75) is 58.0 Å². The summed E-state index contributed by atoms with van der Waals surface area (Å²) in [6, 6.07) is 4.43. The number of hydrogen-bond donors (Lipinski definition) is 1. The zero-order chi connectivity index (χ0) is 23.9. The highest BCUT2D eigenvalue weighted by Crippen LogP contribution is 2.36. The SMILES string of the molecule is C=N/C=C(\C)CNC(=O)C1(c2ccc(CN([C@@H](C)CC)S(C)(=O)=O)c(F)c2)CCOCC1. The molecule has 32 heavy (non-hydrogen) atoms. The molecule has 1 fully saturated rings. The maximum Gasteiger partial charge on any atom is 0.231 e. The lowest BCUT2D eigenvalue weighted by Crippen LogP contribution is -2.48. The number of amides is 1. The van der Waals surface area contributed by atoms with Gasteiger partial charge in [0.05, 0.1) is 11.7 Å². The van der Waals surface area contributed by atoms with E-state index in [-0.39, 0.29) is 24.1 Å². The molecule has 1 amide bonds. The zero-order valence-electron chi connectivity index (χ0n) is 19.4. The highest BCUT2D eigenvalue weighted by molar-refractivity contribution is 7.88. The molecule has 1 aliphatic heterocycles. The molecule has 0 radical (unpaired) electrons. The van der Waals surface area contributed by atoms with E-state index in [0.717, 1.165) is 11.8 Å². The van der Waals surface area contributed by atoms with E-state index in [1.807, 2.05) is 13.8 Å². The van der Waals surface area contributed by atoms with Gasteiger partial charge in [0.2, 0.25) is 15.9 Å². The topological polar surface area (TPSA) is 88.1 Å². The fourth-order valence-corrected chi connectivity index (χ4v) is 5.08. The first-order valence-corrected chi connectivity index (χ1v) is 12.6. The van der Waals surface area contributed by atoms with Gasteiger partial charge in [-0.05, 0) is 57.0 Å². The number of sulfonamides is 1. The van der Waals surface area contributed by atoms with Crippen LogP contribution in [0.25, 0.3) is 0 Å². The monoisotopic (exact) mass is 467 g/mol. The van der Waals surface area contributed by atoms with Gasteiger partial charge in [0.1, 0.15) is 5.82 Å². The molecule has 1 heterocycles. The van der Waals surface area contributed by atoms with Crippen molar-refractivity contribution in [1.29, 1.82) is 0 Å². The van der Waals surface area contributed by atoms with Crippen LogP contribution in [0.3, 0.4) is 0 Å². The highest BCUT2D eigenvalue weighted by Gasteiger charge is 2.42. The van der Waals surface area contributed by atoms with Gasteiger partial charge in [0.25, 0.3) is 0 Å². The number of carbonyl (C=O) groups is 1. The van der Waals surface area contributed by atoms with Crippen molar-refractivity contribution < 1.29 is 22.3 Å². The standard InChI is InChI=1S/C23H34FN3O4S/c1-6-18(3)27(32(5,29)30)16-19-7-8-20(13-21(19)24)23(9-11-31-12-10-23)22(28)26-15-17(2)14-25-4/h7-8,13-14,18H,4,6,9-12,15-16H2,1-3,5H3,(H,26,28)/b17-14+/t18-/m0/s1. The van der Waals surface area contributed by atoms with Gasteiger partial charge in [0.15, 0.2) is 0 Å².